The summed E-state index contributed by atoms with van der Waals surface area (Å²) in [7, 11) is 0. The average Bonchev–Trinajstić information content (AvgIpc) is 3.07. The van der Waals surface area contributed by atoms with E-state index < -0.39 is 0 Å². The molecule has 0 atom stereocenters. The van der Waals surface area contributed by atoms with Crippen LogP contribution in [-0.4, -0.2) is 35.0 Å². The highest BCUT2D eigenvalue weighted by Gasteiger charge is 2.22. The van der Waals surface area contributed by atoms with Gasteiger partial charge >= 0.3 is 0 Å². The van der Waals surface area contributed by atoms with Crippen LogP contribution in [0.4, 0.5) is 5.69 Å². The van der Waals surface area contributed by atoms with Gasteiger partial charge in [0.05, 0.1) is 33.4 Å². The summed E-state index contributed by atoms with van der Waals surface area (Å²) in [5.41, 5.74) is 9.65. The van der Waals surface area contributed by atoms with Gasteiger partial charge in [-0.1, -0.05) is 6.58 Å². The summed E-state index contributed by atoms with van der Waals surface area (Å²) in [4.78, 5) is 2.04. The molecule has 1 aliphatic rings. The van der Waals surface area contributed by atoms with Crippen molar-refractivity contribution in [1.82, 2.24) is 20.8 Å². The predicted molar refractivity (Wildman–Crippen MR) is 99.2 cm³/mol. The lowest BCUT2D eigenvalue weighted by Gasteiger charge is -2.12. The van der Waals surface area contributed by atoms with Gasteiger partial charge in [0, 0.05) is 25.0 Å². The Bertz CT molecular complexity index is 715. The maximum absolute atomic E-state index is 8.94. The highest BCUT2D eigenvalue weighted by molar-refractivity contribution is 7.17. The highest BCUT2D eigenvalue weighted by Crippen LogP contribution is 2.36. The quantitative estimate of drug-likeness (QED) is 0.449. The number of nitrogens with zero attached hydrogens (tertiary/aromatic N) is 1. The highest BCUT2D eigenvalue weighted by atomic mass is 32.1. The molecule has 24 heavy (non-hydrogen) atoms. The Kier molecular flexibility index (Phi) is 5.22. The molecular formula is C17H23N5OS. The Hall–Kier alpha value is -2.25. The molecular weight excluding hydrogens is 322 g/mol. The van der Waals surface area contributed by atoms with Crippen LogP contribution in [0.25, 0.3) is 16.3 Å². The van der Waals surface area contributed by atoms with E-state index in [1.165, 1.54) is 12.8 Å². The molecule has 0 aromatic carbocycles. The molecule has 0 aliphatic heterocycles. The first-order valence-electron chi connectivity index (χ1n) is 8.06. The van der Waals surface area contributed by atoms with E-state index >= 15 is 0 Å². The van der Waals surface area contributed by atoms with Crippen LogP contribution in [0.3, 0.4) is 0 Å². The van der Waals surface area contributed by atoms with Crippen LogP contribution in [0.2, 0.25) is 0 Å². The molecule has 0 bridgehead atoms. The zero-order chi connectivity index (χ0) is 16.9. The molecule has 0 radical (unpaired) electrons. The van der Waals surface area contributed by atoms with E-state index in [0.29, 0.717) is 6.54 Å². The summed E-state index contributed by atoms with van der Waals surface area (Å²) in [5, 5.41) is 22.5. The number of aromatic amines is 1. The van der Waals surface area contributed by atoms with E-state index in [-0.39, 0.29) is 6.61 Å². The lowest BCUT2D eigenvalue weighted by atomic mass is 10.2. The van der Waals surface area contributed by atoms with Crippen molar-refractivity contribution in [1.29, 1.82) is 0 Å². The van der Waals surface area contributed by atoms with Crippen molar-refractivity contribution >= 4 is 22.7 Å². The number of nitrogens with one attached hydrogen (secondary N) is 3. The molecule has 0 unspecified atom stereocenters. The number of aliphatic hydroxyl groups is 1. The number of hydrogen-bond donors (Lipinski definition) is 5. The Morgan fingerprint density at radius 1 is 1.50 bits per heavy atom. The maximum atomic E-state index is 8.94. The molecule has 2 aromatic heterocycles. The van der Waals surface area contributed by atoms with Crippen LogP contribution >= 0.6 is 11.3 Å². The second-order valence-electron chi connectivity index (χ2n) is 5.92. The number of rotatable bonds is 9. The summed E-state index contributed by atoms with van der Waals surface area (Å²) in [6.45, 7) is 5.48. The Morgan fingerprint density at radius 3 is 3.00 bits per heavy atom. The maximum Gasteiger partial charge on any atom is 0.0750 e. The van der Waals surface area contributed by atoms with E-state index in [2.05, 4.69) is 27.4 Å². The molecule has 0 spiro atoms. The van der Waals surface area contributed by atoms with Crippen molar-refractivity contribution in [3.8, 4) is 10.6 Å². The van der Waals surface area contributed by atoms with Crippen molar-refractivity contribution in [2.45, 2.75) is 12.8 Å². The second kappa shape index (κ2) is 7.55. The summed E-state index contributed by atoms with van der Waals surface area (Å²) in [5.74, 6) is 0.750. The summed E-state index contributed by atoms with van der Waals surface area (Å²) in [6.07, 6.45) is 6.25. The van der Waals surface area contributed by atoms with Crippen LogP contribution in [0.5, 0.6) is 0 Å². The number of thiophene rings is 1. The van der Waals surface area contributed by atoms with Gasteiger partial charge in [0.25, 0.3) is 0 Å². The molecule has 0 saturated heterocycles. The number of anilines is 1. The van der Waals surface area contributed by atoms with Gasteiger partial charge in [0.15, 0.2) is 0 Å². The molecule has 0 amide bonds. The number of H-pyrrole nitrogens is 1. The third-order valence-corrected chi connectivity index (χ3v) is 5.05. The number of allylic oxidation sites excluding steroid dienone is 1. The molecule has 6 N–H and O–H groups in total. The Morgan fingerprint density at radius 2 is 2.33 bits per heavy atom. The largest absolute Gasteiger partial charge is 0.397 e. The summed E-state index contributed by atoms with van der Waals surface area (Å²) < 4.78 is 0. The molecule has 1 aliphatic carbocycles. The SMILES string of the molecule is C=C(/C=C(/NCC1CC1)c1sc(-c2ccn[nH]2)cc1N)NCCO. The van der Waals surface area contributed by atoms with E-state index in [4.69, 9.17) is 10.8 Å². The summed E-state index contributed by atoms with van der Waals surface area (Å²) in [6, 6.07) is 3.89. The first kappa shape index (κ1) is 16.6. The van der Waals surface area contributed by atoms with E-state index in [9.17, 15) is 0 Å². The number of aliphatic hydroxyl groups excluding tert-OH is 1. The molecule has 2 aromatic rings. The van der Waals surface area contributed by atoms with Crippen LogP contribution in [0.15, 0.2) is 36.7 Å². The third kappa shape index (κ3) is 4.18. The minimum Gasteiger partial charge on any atom is -0.397 e. The second-order valence-corrected chi connectivity index (χ2v) is 6.98. The molecule has 7 heteroatoms. The first-order chi connectivity index (χ1) is 11.7. The fourth-order valence-electron chi connectivity index (χ4n) is 2.36. The Balaban J connectivity index is 1.83. The normalized spacial score (nSPS) is 14.6. The summed E-state index contributed by atoms with van der Waals surface area (Å²) >= 11 is 1.62. The van der Waals surface area contributed by atoms with Crippen LogP contribution in [0.1, 0.15) is 17.7 Å². The molecule has 3 rings (SSSR count). The van der Waals surface area contributed by atoms with Gasteiger partial charge < -0.3 is 21.5 Å². The van der Waals surface area contributed by atoms with Gasteiger partial charge in [-0.2, -0.15) is 5.10 Å². The van der Waals surface area contributed by atoms with Crippen molar-refractivity contribution in [2.75, 3.05) is 25.4 Å². The third-order valence-electron chi connectivity index (χ3n) is 3.83. The van der Waals surface area contributed by atoms with E-state index in [1.54, 1.807) is 17.5 Å². The lowest BCUT2D eigenvalue weighted by molar-refractivity contribution is 0.297. The number of nitrogen functional groups attached to an aromatic ring is 1. The minimum absolute atomic E-state index is 0.0722. The zero-order valence-electron chi connectivity index (χ0n) is 13.5. The monoisotopic (exact) mass is 345 g/mol. The number of aromatic nitrogens is 2. The van der Waals surface area contributed by atoms with Crippen molar-refractivity contribution in [3.63, 3.8) is 0 Å². The van der Waals surface area contributed by atoms with Gasteiger partial charge in [-0.25, -0.2) is 0 Å². The van der Waals surface area contributed by atoms with E-state index in [0.717, 1.165) is 45.0 Å². The first-order valence-corrected chi connectivity index (χ1v) is 8.87. The van der Waals surface area contributed by atoms with Crippen LogP contribution in [0, 0.1) is 5.92 Å². The van der Waals surface area contributed by atoms with E-state index in [1.807, 2.05) is 18.2 Å². The molecule has 1 saturated carbocycles. The van der Waals surface area contributed by atoms with Crippen molar-refractivity contribution in [3.05, 3.63) is 41.6 Å². The van der Waals surface area contributed by atoms with Gasteiger partial charge in [0.2, 0.25) is 0 Å². The smallest absolute Gasteiger partial charge is 0.0750 e. The van der Waals surface area contributed by atoms with Crippen LogP contribution in [-0.2, 0) is 0 Å². The predicted octanol–water partition coefficient (Wildman–Crippen LogP) is 2.16. The lowest BCUT2D eigenvalue weighted by Crippen LogP contribution is -2.19. The van der Waals surface area contributed by atoms with Crippen molar-refractivity contribution < 1.29 is 5.11 Å². The molecule has 128 valence electrons. The zero-order valence-corrected chi connectivity index (χ0v) is 14.3. The van der Waals surface area contributed by atoms with Crippen LogP contribution < -0.4 is 16.4 Å². The topological polar surface area (TPSA) is 99.0 Å². The van der Waals surface area contributed by atoms with Gasteiger partial charge in [-0.3, -0.25) is 5.10 Å². The molecule has 6 nitrogen and oxygen atoms in total. The standard InChI is InChI=1S/C17H23N5OS/c1-11(19-6-7-23)8-15(20-10-12-2-3-12)17-13(18)9-16(24-17)14-4-5-21-22-14/h4-5,8-9,12,19-20,23H,1-3,6-7,10,18H2,(H,21,22)/b15-8+. The fourth-order valence-corrected chi connectivity index (χ4v) is 3.40. The number of hydrogen-bond acceptors (Lipinski definition) is 6. The minimum atomic E-state index is 0.0722. The average molecular weight is 345 g/mol. The molecule has 2 heterocycles. The van der Waals surface area contributed by atoms with Gasteiger partial charge in [-0.05, 0) is 37.0 Å². The van der Waals surface area contributed by atoms with Gasteiger partial charge in [-0.15, -0.1) is 11.3 Å². The van der Waals surface area contributed by atoms with Crippen molar-refractivity contribution in [2.24, 2.45) is 5.92 Å². The van der Waals surface area contributed by atoms with Gasteiger partial charge in [0.1, 0.15) is 0 Å². The number of nitrogens with two attached hydrogens (primary N) is 1. The Labute approximate surface area is 145 Å². The fraction of sp³-hybridized carbons (Fsp3) is 0.353. The molecule has 1 fully saturated rings.